The van der Waals surface area contributed by atoms with Crippen LogP contribution in [0, 0.1) is 17.5 Å². The Bertz CT molecular complexity index is 514. The lowest BCUT2D eigenvalue weighted by Crippen LogP contribution is -2.03. The van der Waals surface area contributed by atoms with Gasteiger partial charge in [0.1, 0.15) is 17.5 Å². The summed E-state index contributed by atoms with van der Waals surface area (Å²) in [5.41, 5.74) is 0.520. The van der Waals surface area contributed by atoms with E-state index >= 15 is 0 Å². The van der Waals surface area contributed by atoms with E-state index < -0.39 is 23.4 Å². The van der Waals surface area contributed by atoms with Gasteiger partial charge in [0, 0.05) is 11.5 Å². The van der Waals surface area contributed by atoms with Crippen LogP contribution in [0.1, 0.15) is 24.0 Å². The quantitative estimate of drug-likeness (QED) is 0.731. The predicted octanol–water partition coefficient (Wildman–Crippen LogP) is 4.26. The third-order valence-electron chi connectivity index (χ3n) is 2.78. The van der Waals surface area contributed by atoms with Gasteiger partial charge in [0.15, 0.2) is 0 Å². The highest BCUT2D eigenvalue weighted by Crippen LogP contribution is 2.28. The molecule has 1 atom stereocenters. The highest BCUT2D eigenvalue weighted by molar-refractivity contribution is 5.33. The molecule has 3 heteroatoms. The summed E-state index contributed by atoms with van der Waals surface area (Å²) in [7, 11) is 0. The Balaban J connectivity index is 2.47. The second-order valence-electron chi connectivity index (χ2n) is 3.91. The standard InChI is InChI=1S/C14H11F3/c1-9(10-4-2-5-11(15)8-10)14-12(16)6-3-7-13(14)17/h2-9H,1H3. The second kappa shape index (κ2) is 4.62. The van der Waals surface area contributed by atoms with Gasteiger partial charge in [0.05, 0.1) is 0 Å². The Morgan fingerprint density at radius 3 is 2.06 bits per heavy atom. The molecule has 2 aromatic carbocycles. The molecule has 0 amide bonds. The van der Waals surface area contributed by atoms with Crippen LogP contribution in [0.2, 0.25) is 0 Å². The van der Waals surface area contributed by atoms with Gasteiger partial charge in [-0.05, 0) is 29.8 Å². The van der Waals surface area contributed by atoms with Crippen molar-refractivity contribution in [1.29, 1.82) is 0 Å². The fraction of sp³-hybridized carbons (Fsp3) is 0.143. The Labute approximate surface area is 97.7 Å². The molecule has 0 saturated heterocycles. The van der Waals surface area contributed by atoms with Gasteiger partial charge in [-0.25, -0.2) is 13.2 Å². The summed E-state index contributed by atoms with van der Waals surface area (Å²) in [5, 5.41) is 0. The summed E-state index contributed by atoms with van der Waals surface area (Å²) in [4.78, 5) is 0. The van der Waals surface area contributed by atoms with E-state index in [0.717, 1.165) is 0 Å². The highest BCUT2D eigenvalue weighted by Gasteiger charge is 2.17. The first-order chi connectivity index (χ1) is 8.09. The fourth-order valence-electron chi connectivity index (χ4n) is 1.87. The average molecular weight is 236 g/mol. The number of hydrogen-bond acceptors (Lipinski definition) is 0. The van der Waals surface area contributed by atoms with Crippen LogP contribution >= 0.6 is 0 Å². The molecule has 0 aliphatic heterocycles. The van der Waals surface area contributed by atoms with Gasteiger partial charge < -0.3 is 0 Å². The van der Waals surface area contributed by atoms with E-state index in [1.54, 1.807) is 13.0 Å². The molecule has 17 heavy (non-hydrogen) atoms. The Hall–Kier alpha value is -1.77. The van der Waals surface area contributed by atoms with Crippen molar-refractivity contribution in [2.75, 3.05) is 0 Å². The summed E-state index contributed by atoms with van der Waals surface area (Å²) in [6, 6.07) is 9.49. The van der Waals surface area contributed by atoms with Gasteiger partial charge in [0.2, 0.25) is 0 Å². The number of rotatable bonds is 2. The molecule has 2 rings (SSSR count). The van der Waals surface area contributed by atoms with Crippen molar-refractivity contribution in [3.8, 4) is 0 Å². The molecule has 0 bridgehead atoms. The minimum absolute atomic E-state index is 0.0295. The van der Waals surface area contributed by atoms with Crippen molar-refractivity contribution in [3.63, 3.8) is 0 Å². The molecule has 88 valence electrons. The first-order valence-corrected chi connectivity index (χ1v) is 5.29. The van der Waals surface area contributed by atoms with E-state index in [4.69, 9.17) is 0 Å². The zero-order valence-corrected chi connectivity index (χ0v) is 9.25. The fourth-order valence-corrected chi connectivity index (χ4v) is 1.87. The van der Waals surface area contributed by atoms with Crippen molar-refractivity contribution in [2.45, 2.75) is 12.8 Å². The van der Waals surface area contributed by atoms with E-state index in [2.05, 4.69) is 0 Å². The van der Waals surface area contributed by atoms with Crippen LogP contribution in [-0.2, 0) is 0 Å². The lowest BCUT2D eigenvalue weighted by atomic mass is 9.92. The van der Waals surface area contributed by atoms with Crippen molar-refractivity contribution >= 4 is 0 Å². The van der Waals surface area contributed by atoms with Crippen LogP contribution in [0.3, 0.4) is 0 Å². The molecule has 0 N–H and O–H groups in total. The molecule has 0 aliphatic rings. The summed E-state index contributed by atoms with van der Waals surface area (Å²) in [5.74, 6) is -2.15. The highest BCUT2D eigenvalue weighted by atomic mass is 19.1. The first kappa shape index (κ1) is 11.7. The van der Waals surface area contributed by atoms with Crippen LogP contribution in [0.15, 0.2) is 42.5 Å². The Morgan fingerprint density at radius 2 is 1.47 bits per heavy atom. The van der Waals surface area contributed by atoms with Crippen molar-refractivity contribution in [1.82, 2.24) is 0 Å². The minimum Gasteiger partial charge on any atom is -0.207 e. The zero-order chi connectivity index (χ0) is 12.4. The maximum atomic E-state index is 13.6. The number of halogens is 3. The molecule has 0 aliphatic carbocycles. The largest absolute Gasteiger partial charge is 0.207 e. The maximum absolute atomic E-state index is 13.6. The van der Waals surface area contributed by atoms with Crippen LogP contribution in [0.25, 0.3) is 0 Å². The van der Waals surface area contributed by atoms with Gasteiger partial charge in [-0.3, -0.25) is 0 Å². The molecular formula is C14H11F3. The second-order valence-corrected chi connectivity index (χ2v) is 3.91. The summed E-state index contributed by atoms with van der Waals surface area (Å²) < 4.78 is 40.2. The average Bonchev–Trinajstić information content (AvgIpc) is 2.28. The SMILES string of the molecule is CC(c1cccc(F)c1)c1c(F)cccc1F. The van der Waals surface area contributed by atoms with E-state index in [1.165, 1.54) is 36.4 Å². The topological polar surface area (TPSA) is 0 Å². The van der Waals surface area contributed by atoms with Crippen molar-refractivity contribution in [3.05, 3.63) is 71.0 Å². The lowest BCUT2D eigenvalue weighted by molar-refractivity contribution is 0.546. The van der Waals surface area contributed by atoms with Gasteiger partial charge in [0.25, 0.3) is 0 Å². The summed E-state index contributed by atoms with van der Waals surface area (Å²) in [6.45, 7) is 1.65. The zero-order valence-electron chi connectivity index (χ0n) is 9.25. The minimum atomic E-state index is -0.609. The van der Waals surface area contributed by atoms with Crippen molar-refractivity contribution < 1.29 is 13.2 Å². The van der Waals surface area contributed by atoms with Crippen molar-refractivity contribution in [2.24, 2.45) is 0 Å². The molecule has 0 nitrogen and oxygen atoms in total. The van der Waals surface area contributed by atoms with E-state index in [1.807, 2.05) is 0 Å². The van der Waals surface area contributed by atoms with Crippen LogP contribution < -0.4 is 0 Å². The van der Waals surface area contributed by atoms with Crippen LogP contribution in [-0.4, -0.2) is 0 Å². The Morgan fingerprint density at radius 1 is 0.882 bits per heavy atom. The number of hydrogen-bond donors (Lipinski definition) is 0. The molecule has 2 aromatic rings. The summed E-state index contributed by atoms with van der Waals surface area (Å²) in [6.07, 6.45) is 0. The smallest absolute Gasteiger partial charge is 0.129 e. The van der Waals surface area contributed by atoms with E-state index in [-0.39, 0.29) is 5.56 Å². The monoisotopic (exact) mass is 236 g/mol. The molecule has 0 saturated carbocycles. The van der Waals surface area contributed by atoms with Gasteiger partial charge in [-0.2, -0.15) is 0 Å². The van der Waals surface area contributed by atoms with Gasteiger partial charge >= 0.3 is 0 Å². The molecular weight excluding hydrogens is 225 g/mol. The van der Waals surface area contributed by atoms with E-state index in [0.29, 0.717) is 5.56 Å². The molecule has 0 aromatic heterocycles. The van der Waals surface area contributed by atoms with Gasteiger partial charge in [-0.15, -0.1) is 0 Å². The van der Waals surface area contributed by atoms with Crippen LogP contribution in [0.5, 0.6) is 0 Å². The van der Waals surface area contributed by atoms with E-state index in [9.17, 15) is 13.2 Å². The lowest BCUT2D eigenvalue weighted by Gasteiger charge is -2.14. The molecule has 0 radical (unpaired) electrons. The predicted molar refractivity (Wildman–Crippen MR) is 60.3 cm³/mol. The molecule has 0 spiro atoms. The Kier molecular flexibility index (Phi) is 3.18. The van der Waals surface area contributed by atoms with Crippen LogP contribution in [0.4, 0.5) is 13.2 Å². The summed E-state index contributed by atoms with van der Waals surface area (Å²) >= 11 is 0. The molecule has 1 unspecified atom stereocenters. The number of benzene rings is 2. The molecule has 0 heterocycles. The molecule has 0 fully saturated rings. The normalized spacial score (nSPS) is 12.5. The third kappa shape index (κ3) is 2.33. The first-order valence-electron chi connectivity index (χ1n) is 5.29. The third-order valence-corrected chi connectivity index (χ3v) is 2.78. The maximum Gasteiger partial charge on any atom is 0.129 e. The van der Waals surface area contributed by atoms with Gasteiger partial charge in [-0.1, -0.05) is 25.1 Å².